The van der Waals surface area contributed by atoms with Crippen LogP contribution in [0.15, 0.2) is 17.4 Å². The molecule has 0 rings (SSSR count). The van der Waals surface area contributed by atoms with Gasteiger partial charge in [-0.15, -0.1) is 0 Å². The van der Waals surface area contributed by atoms with Crippen molar-refractivity contribution in [1.82, 2.24) is 4.31 Å². The van der Waals surface area contributed by atoms with Crippen LogP contribution in [0.25, 0.3) is 0 Å². The number of nitrogens with zero attached hydrogens (tertiary/aromatic N) is 2. The summed E-state index contributed by atoms with van der Waals surface area (Å²) in [6, 6.07) is 0. The molecule has 6 heteroatoms. The van der Waals surface area contributed by atoms with E-state index < -0.39 is 15.6 Å². The maximum atomic E-state index is 11.5. The number of nitrogens with two attached hydrogens (primary N) is 1. The predicted molar refractivity (Wildman–Crippen MR) is 67.7 cm³/mol. The van der Waals surface area contributed by atoms with Crippen LogP contribution < -0.4 is 5.73 Å². The van der Waals surface area contributed by atoms with E-state index in [1.807, 2.05) is 13.8 Å². The third-order valence-electron chi connectivity index (χ3n) is 2.48. The van der Waals surface area contributed by atoms with Crippen molar-refractivity contribution in [2.24, 2.45) is 10.7 Å². The van der Waals surface area contributed by atoms with Crippen LogP contribution in [0, 0.1) is 0 Å². The van der Waals surface area contributed by atoms with Crippen LogP contribution >= 0.6 is 0 Å². The largest absolute Gasteiger partial charge is 0.384 e. The fraction of sp³-hybridized carbons (Fsp3) is 0.700. The van der Waals surface area contributed by atoms with Gasteiger partial charge in [0.15, 0.2) is 0 Å². The zero-order valence-corrected chi connectivity index (χ0v) is 11.2. The van der Waals surface area contributed by atoms with Gasteiger partial charge >= 0.3 is 0 Å². The zero-order chi connectivity index (χ0) is 13.0. The van der Waals surface area contributed by atoms with E-state index in [1.165, 1.54) is 17.6 Å². The lowest BCUT2D eigenvalue weighted by atomic mass is 9.98. The third-order valence-corrected chi connectivity index (χ3v) is 3.89. The lowest BCUT2D eigenvalue weighted by Gasteiger charge is -2.33. The third kappa shape index (κ3) is 4.32. The van der Waals surface area contributed by atoms with Crippen molar-refractivity contribution in [3.8, 4) is 0 Å². The molecule has 0 radical (unpaired) electrons. The molecular formula is C10H21N3O2S. The molecule has 0 aliphatic rings. The highest BCUT2D eigenvalue weighted by Gasteiger charge is 2.32. The Bertz CT molecular complexity index is 376. The van der Waals surface area contributed by atoms with Crippen molar-refractivity contribution in [2.75, 3.05) is 13.3 Å². The molecule has 0 aromatic carbocycles. The van der Waals surface area contributed by atoms with Crippen LogP contribution in [0.3, 0.4) is 0 Å². The maximum Gasteiger partial charge on any atom is 0.211 e. The highest BCUT2D eigenvalue weighted by Crippen LogP contribution is 2.20. The quantitative estimate of drug-likeness (QED) is 0.710. The van der Waals surface area contributed by atoms with E-state index >= 15 is 0 Å². The first-order valence-electron chi connectivity index (χ1n) is 5.07. The van der Waals surface area contributed by atoms with Gasteiger partial charge in [-0.3, -0.25) is 0 Å². The summed E-state index contributed by atoms with van der Waals surface area (Å²) in [6.07, 6.45) is 4.23. The predicted octanol–water partition coefficient (Wildman–Crippen LogP) is 0.937. The first kappa shape index (κ1) is 15.1. The lowest BCUT2D eigenvalue weighted by molar-refractivity contribution is 0.313. The first-order valence-corrected chi connectivity index (χ1v) is 6.92. The van der Waals surface area contributed by atoms with E-state index in [0.29, 0.717) is 6.42 Å². The molecule has 94 valence electrons. The molecule has 16 heavy (non-hydrogen) atoms. The highest BCUT2D eigenvalue weighted by molar-refractivity contribution is 7.88. The molecule has 0 bridgehead atoms. The summed E-state index contributed by atoms with van der Waals surface area (Å²) in [4.78, 5) is 3.90. The summed E-state index contributed by atoms with van der Waals surface area (Å²) in [6.45, 7) is 7.25. The smallest absolute Gasteiger partial charge is 0.211 e. The van der Waals surface area contributed by atoms with E-state index in [9.17, 15) is 8.42 Å². The molecule has 0 aliphatic carbocycles. The Balaban J connectivity index is 5.18. The van der Waals surface area contributed by atoms with E-state index in [-0.39, 0.29) is 5.82 Å². The standard InChI is InChI=1S/C10H21N3O2S/c1-6-7-10(3,8-12-9(2)11)13(4)16(5,14)15/h8H,2,6-7,11H2,1,3-5H3. The van der Waals surface area contributed by atoms with Crippen LogP contribution in [-0.4, -0.2) is 37.8 Å². The van der Waals surface area contributed by atoms with Gasteiger partial charge in [-0.05, 0) is 13.3 Å². The van der Waals surface area contributed by atoms with Gasteiger partial charge in [-0.25, -0.2) is 13.4 Å². The van der Waals surface area contributed by atoms with E-state index in [0.717, 1.165) is 6.42 Å². The van der Waals surface area contributed by atoms with Crippen LogP contribution in [0.4, 0.5) is 0 Å². The van der Waals surface area contributed by atoms with Crippen molar-refractivity contribution in [3.05, 3.63) is 12.4 Å². The fourth-order valence-corrected chi connectivity index (χ4v) is 2.31. The molecule has 1 unspecified atom stereocenters. The summed E-state index contributed by atoms with van der Waals surface area (Å²) in [7, 11) is -1.72. The number of hydrogen-bond acceptors (Lipinski definition) is 4. The van der Waals surface area contributed by atoms with Crippen LogP contribution in [-0.2, 0) is 10.0 Å². The Morgan fingerprint density at radius 2 is 2.12 bits per heavy atom. The van der Waals surface area contributed by atoms with Crippen molar-refractivity contribution in [3.63, 3.8) is 0 Å². The van der Waals surface area contributed by atoms with Gasteiger partial charge in [0.1, 0.15) is 5.82 Å². The average molecular weight is 247 g/mol. The Morgan fingerprint density at radius 3 is 2.44 bits per heavy atom. The Hall–Kier alpha value is -0.880. The molecule has 2 N–H and O–H groups in total. The molecule has 0 aromatic heterocycles. The lowest BCUT2D eigenvalue weighted by Crippen LogP contribution is -2.48. The Kier molecular flexibility index (Phi) is 5.15. The summed E-state index contributed by atoms with van der Waals surface area (Å²) < 4.78 is 24.3. The van der Waals surface area contributed by atoms with Gasteiger partial charge in [0.2, 0.25) is 10.0 Å². The SMILES string of the molecule is C=C(N)N=CC(C)(CCC)N(C)S(C)(=O)=O. The number of sulfonamides is 1. The highest BCUT2D eigenvalue weighted by atomic mass is 32.2. The maximum absolute atomic E-state index is 11.5. The topological polar surface area (TPSA) is 75.8 Å². The molecule has 0 amide bonds. The molecule has 0 saturated heterocycles. The van der Waals surface area contributed by atoms with E-state index in [2.05, 4.69) is 11.6 Å². The minimum Gasteiger partial charge on any atom is -0.384 e. The number of rotatable bonds is 6. The Morgan fingerprint density at radius 1 is 1.62 bits per heavy atom. The summed E-state index contributed by atoms with van der Waals surface area (Å²) in [5, 5.41) is 0. The van der Waals surface area contributed by atoms with Crippen LogP contribution in [0.5, 0.6) is 0 Å². The van der Waals surface area contributed by atoms with Gasteiger partial charge in [0.25, 0.3) is 0 Å². The molecule has 0 aromatic rings. The summed E-state index contributed by atoms with van der Waals surface area (Å²) in [5.74, 6) is 0.171. The molecule has 1 atom stereocenters. The number of aliphatic imine (C=N–C) groups is 1. The van der Waals surface area contributed by atoms with Crippen molar-refractivity contribution < 1.29 is 8.42 Å². The molecule has 0 heterocycles. The van der Waals surface area contributed by atoms with Gasteiger partial charge in [-0.1, -0.05) is 19.9 Å². The molecule has 5 nitrogen and oxygen atoms in total. The van der Waals surface area contributed by atoms with Crippen LogP contribution in [0.2, 0.25) is 0 Å². The van der Waals surface area contributed by atoms with Crippen molar-refractivity contribution >= 4 is 16.2 Å². The molecule has 0 aliphatic heterocycles. The molecule has 0 spiro atoms. The second-order valence-electron chi connectivity index (χ2n) is 4.09. The van der Waals surface area contributed by atoms with Gasteiger partial charge < -0.3 is 5.73 Å². The summed E-state index contributed by atoms with van der Waals surface area (Å²) >= 11 is 0. The monoisotopic (exact) mass is 247 g/mol. The normalized spacial score (nSPS) is 16.6. The fourth-order valence-electron chi connectivity index (χ4n) is 1.41. The minimum absolute atomic E-state index is 0.171. The Labute approximate surface area is 98.1 Å². The number of hydrogen-bond donors (Lipinski definition) is 1. The minimum atomic E-state index is -3.26. The molecule has 0 saturated carbocycles. The van der Waals surface area contributed by atoms with Crippen LogP contribution in [0.1, 0.15) is 26.7 Å². The second-order valence-corrected chi connectivity index (χ2v) is 6.10. The zero-order valence-electron chi connectivity index (χ0n) is 10.4. The van der Waals surface area contributed by atoms with Crippen molar-refractivity contribution in [2.45, 2.75) is 32.2 Å². The van der Waals surface area contributed by atoms with Gasteiger partial charge in [0, 0.05) is 13.3 Å². The van der Waals surface area contributed by atoms with E-state index in [1.54, 1.807) is 6.21 Å². The molecular weight excluding hydrogens is 226 g/mol. The van der Waals surface area contributed by atoms with E-state index in [4.69, 9.17) is 5.73 Å². The average Bonchev–Trinajstić information content (AvgIpc) is 2.12. The van der Waals surface area contributed by atoms with Crippen molar-refractivity contribution in [1.29, 1.82) is 0 Å². The first-order chi connectivity index (χ1) is 7.13. The van der Waals surface area contributed by atoms with Gasteiger partial charge in [0.05, 0.1) is 11.8 Å². The summed E-state index contributed by atoms with van der Waals surface area (Å²) in [5.41, 5.74) is 4.68. The second kappa shape index (κ2) is 5.45. The van der Waals surface area contributed by atoms with Gasteiger partial charge in [-0.2, -0.15) is 4.31 Å². The molecule has 0 fully saturated rings.